The number of Topliss-reactive ketones (excluding diaryl/α,β-unsaturated/α-hetero) is 1. The van der Waals surface area contributed by atoms with Gasteiger partial charge < -0.3 is 14.2 Å². The molecule has 28 heavy (non-hydrogen) atoms. The molecular weight excluding hydrogens is 359 g/mol. The van der Waals surface area contributed by atoms with Gasteiger partial charge in [0.05, 0.1) is 16.5 Å². The number of ether oxygens (including phenoxy) is 1. The van der Waals surface area contributed by atoms with Gasteiger partial charge in [0.2, 0.25) is 0 Å². The van der Waals surface area contributed by atoms with Crippen LogP contribution >= 0.6 is 0 Å². The highest BCUT2D eigenvalue weighted by Gasteiger charge is 2.26. The number of carbonyl (C=O) groups excluding carboxylic acids is 2. The summed E-state index contributed by atoms with van der Waals surface area (Å²) < 4.78 is 22.0. The highest BCUT2D eigenvalue weighted by Crippen LogP contribution is 2.34. The van der Waals surface area contributed by atoms with E-state index in [1.165, 1.54) is 31.1 Å². The summed E-state index contributed by atoms with van der Waals surface area (Å²) in [6.45, 7) is 4.08. The van der Waals surface area contributed by atoms with Crippen LogP contribution < -0.4 is 4.74 Å². The number of hydrogen-bond donors (Lipinski definition) is 0. The van der Waals surface area contributed by atoms with Gasteiger partial charge in [0.1, 0.15) is 18.2 Å². The predicted molar refractivity (Wildman–Crippen MR) is 106 cm³/mol. The van der Waals surface area contributed by atoms with Gasteiger partial charge in [-0.05, 0) is 25.5 Å². The molecule has 0 unspecified atom stereocenters. The Kier molecular flexibility index (Phi) is 5.49. The fourth-order valence-electron chi connectivity index (χ4n) is 3.08. The SMILES string of the molecule is CC(C)n1cc(C(=O)C(=O)N(C)C)c2c(OCc3ccccc3)cc(F)cc21. The van der Waals surface area contributed by atoms with Crippen LogP contribution in [0.2, 0.25) is 0 Å². The summed E-state index contributed by atoms with van der Waals surface area (Å²) in [5.74, 6) is -1.51. The van der Waals surface area contributed by atoms with Crippen molar-refractivity contribution in [1.29, 1.82) is 0 Å². The second kappa shape index (κ2) is 7.84. The van der Waals surface area contributed by atoms with Crippen LogP contribution in [0, 0.1) is 5.82 Å². The van der Waals surface area contributed by atoms with E-state index in [1.54, 1.807) is 10.8 Å². The molecule has 1 aromatic heterocycles. The molecule has 5 nitrogen and oxygen atoms in total. The minimum Gasteiger partial charge on any atom is -0.488 e. The van der Waals surface area contributed by atoms with Crippen molar-refractivity contribution in [3.05, 3.63) is 65.6 Å². The zero-order chi connectivity index (χ0) is 20.4. The third kappa shape index (κ3) is 3.76. The number of fused-ring (bicyclic) bond motifs is 1. The van der Waals surface area contributed by atoms with Crippen LogP contribution in [0.15, 0.2) is 48.7 Å². The first-order valence-corrected chi connectivity index (χ1v) is 9.06. The quantitative estimate of drug-likeness (QED) is 0.474. The van der Waals surface area contributed by atoms with E-state index in [2.05, 4.69) is 0 Å². The predicted octanol–water partition coefficient (Wildman–Crippen LogP) is 4.21. The first-order chi connectivity index (χ1) is 13.3. The topological polar surface area (TPSA) is 51.5 Å². The fraction of sp³-hybridized carbons (Fsp3) is 0.273. The van der Waals surface area contributed by atoms with Crippen molar-refractivity contribution in [2.24, 2.45) is 0 Å². The average molecular weight is 382 g/mol. The molecule has 146 valence electrons. The molecule has 0 atom stereocenters. The van der Waals surface area contributed by atoms with Crippen LogP contribution in [0.5, 0.6) is 5.75 Å². The molecule has 0 saturated heterocycles. The van der Waals surface area contributed by atoms with Gasteiger partial charge in [0.25, 0.3) is 11.7 Å². The van der Waals surface area contributed by atoms with Crippen LogP contribution in [0.25, 0.3) is 10.9 Å². The number of likely N-dealkylation sites (N-methyl/N-ethyl adjacent to an activating group) is 1. The Labute approximate surface area is 163 Å². The maximum atomic E-state index is 14.3. The largest absolute Gasteiger partial charge is 0.488 e. The second-order valence-corrected chi connectivity index (χ2v) is 7.14. The third-order valence-corrected chi connectivity index (χ3v) is 4.50. The van der Waals surface area contributed by atoms with E-state index in [-0.39, 0.29) is 24.0 Å². The zero-order valence-electron chi connectivity index (χ0n) is 16.4. The molecule has 0 N–H and O–H groups in total. The van der Waals surface area contributed by atoms with Crippen LogP contribution in [0.1, 0.15) is 35.8 Å². The summed E-state index contributed by atoms with van der Waals surface area (Å²) in [6.07, 6.45) is 1.61. The van der Waals surface area contributed by atoms with Crippen molar-refractivity contribution < 1.29 is 18.7 Å². The van der Waals surface area contributed by atoms with E-state index in [4.69, 9.17) is 4.74 Å². The molecule has 6 heteroatoms. The number of halogens is 1. The van der Waals surface area contributed by atoms with Crippen molar-refractivity contribution in [2.45, 2.75) is 26.5 Å². The number of ketones is 1. The first kappa shape index (κ1) is 19.6. The smallest absolute Gasteiger partial charge is 0.294 e. The monoisotopic (exact) mass is 382 g/mol. The molecule has 1 heterocycles. The first-order valence-electron chi connectivity index (χ1n) is 9.06. The fourth-order valence-corrected chi connectivity index (χ4v) is 3.08. The van der Waals surface area contributed by atoms with Crippen molar-refractivity contribution in [3.8, 4) is 5.75 Å². The number of rotatable bonds is 6. The van der Waals surface area contributed by atoms with Crippen LogP contribution in [-0.4, -0.2) is 35.3 Å². The van der Waals surface area contributed by atoms with E-state index < -0.39 is 17.5 Å². The van der Waals surface area contributed by atoms with Crippen LogP contribution in [0.3, 0.4) is 0 Å². The summed E-state index contributed by atoms with van der Waals surface area (Å²) in [4.78, 5) is 26.3. The van der Waals surface area contributed by atoms with E-state index in [0.717, 1.165) is 5.56 Å². The van der Waals surface area contributed by atoms with Crippen LogP contribution in [-0.2, 0) is 11.4 Å². The third-order valence-electron chi connectivity index (χ3n) is 4.50. The van der Waals surface area contributed by atoms with Gasteiger partial charge in [-0.15, -0.1) is 0 Å². The summed E-state index contributed by atoms with van der Waals surface area (Å²) in [7, 11) is 3.04. The molecule has 0 aliphatic heterocycles. The molecule has 0 saturated carbocycles. The Bertz CT molecular complexity index is 1020. The van der Waals surface area contributed by atoms with Crippen molar-refractivity contribution in [1.82, 2.24) is 9.47 Å². The van der Waals surface area contributed by atoms with Crippen molar-refractivity contribution in [2.75, 3.05) is 14.1 Å². The van der Waals surface area contributed by atoms with E-state index in [0.29, 0.717) is 10.9 Å². The number of hydrogen-bond acceptors (Lipinski definition) is 3. The zero-order valence-corrected chi connectivity index (χ0v) is 16.4. The molecule has 0 spiro atoms. The lowest BCUT2D eigenvalue weighted by molar-refractivity contribution is -0.124. The van der Waals surface area contributed by atoms with Gasteiger partial charge in [-0.2, -0.15) is 0 Å². The molecule has 0 radical (unpaired) electrons. The molecule has 2 aromatic carbocycles. The highest BCUT2D eigenvalue weighted by atomic mass is 19.1. The summed E-state index contributed by atoms with van der Waals surface area (Å²) >= 11 is 0. The Balaban J connectivity index is 2.14. The lowest BCUT2D eigenvalue weighted by Crippen LogP contribution is -2.29. The maximum Gasteiger partial charge on any atom is 0.294 e. The summed E-state index contributed by atoms with van der Waals surface area (Å²) in [5, 5.41) is 0.450. The van der Waals surface area contributed by atoms with Gasteiger partial charge in [0, 0.05) is 32.4 Å². The molecule has 0 fully saturated rings. The van der Waals surface area contributed by atoms with Gasteiger partial charge in [0.15, 0.2) is 0 Å². The van der Waals surface area contributed by atoms with E-state index in [9.17, 15) is 14.0 Å². The molecule has 3 aromatic rings. The Morgan fingerprint density at radius 3 is 2.43 bits per heavy atom. The van der Waals surface area contributed by atoms with Gasteiger partial charge in [-0.1, -0.05) is 30.3 Å². The number of nitrogens with zero attached hydrogens (tertiary/aromatic N) is 2. The Morgan fingerprint density at radius 2 is 1.82 bits per heavy atom. The lowest BCUT2D eigenvalue weighted by Gasteiger charge is -2.12. The highest BCUT2D eigenvalue weighted by molar-refractivity contribution is 6.45. The van der Waals surface area contributed by atoms with Crippen LogP contribution in [0.4, 0.5) is 4.39 Å². The lowest BCUT2D eigenvalue weighted by atomic mass is 10.1. The van der Waals surface area contributed by atoms with Gasteiger partial charge in [-0.25, -0.2) is 4.39 Å². The van der Waals surface area contributed by atoms with Gasteiger partial charge >= 0.3 is 0 Å². The number of aromatic nitrogens is 1. The van der Waals surface area contributed by atoms with E-state index in [1.807, 2.05) is 44.2 Å². The molecular formula is C22H23FN2O3. The number of amides is 1. The minimum atomic E-state index is -0.648. The molecule has 1 amide bonds. The Morgan fingerprint density at radius 1 is 1.14 bits per heavy atom. The van der Waals surface area contributed by atoms with E-state index >= 15 is 0 Å². The van der Waals surface area contributed by atoms with Crippen molar-refractivity contribution >= 4 is 22.6 Å². The number of benzene rings is 2. The Hall–Kier alpha value is -3.15. The minimum absolute atomic E-state index is 0.0257. The normalized spacial score (nSPS) is 11.1. The molecule has 3 rings (SSSR count). The average Bonchev–Trinajstić information content (AvgIpc) is 3.05. The number of carbonyl (C=O) groups is 2. The molecule has 0 aliphatic carbocycles. The maximum absolute atomic E-state index is 14.3. The summed E-state index contributed by atoms with van der Waals surface area (Å²) in [5.41, 5.74) is 1.65. The second-order valence-electron chi connectivity index (χ2n) is 7.14. The molecule has 0 aliphatic rings. The summed E-state index contributed by atoms with van der Waals surface area (Å²) in [6, 6.07) is 12.1. The standard InChI is InChI=1S/C22H23FN2O3/c1-14(2)25-12-17(21(26)22(27)24(3)4)20-18(25)10-16(23)11-19(20)28-13-15-8-6-5-7-9-15/h5-12,14H,13H2,1-4H3. The molecule has 0 bridgehead atoms. The van der Waals surface area contributed by atoms with Crippen molar-refractivity contribution in [3.63, 3.8) is 0 Å². The van der Waals surface area contributed by atoms with Gasteiger partial charge in [-0.3, -0.25) is 9.59 Å².